The average molecular weight is 248 g/mol. The number of ketones is 1. The molecule has 0 aliphatic carbocycles. The summed E-state index contributed by atoms with van der Waals surface area (Å²) >= 11 is 1.26. The summed E-state index contributed by atoms with van der Waals surface area (Å²) in [5, 5.41) is 0.699. The lowest BCUT2D eigenvalue weighted by Crippen LogP contribution is -2.05. The number of hydrogen-bond acceptors (Lipinski definition) is 4. The Morgan fingerprint density at radius 1 is 1.29 bits per heavy atom. The van der Waals surface area contributed by atoms with Crippen LogP contribution < -0.4 is 0 Å². The number of halogens is 1. The summed E-state index contributed by atoms with van der Waals surface area (Å²) in [6.07, 6.45) is 3.01. The topological polar surface area (TPSA) is 42.9 Å². The highest BCUT2D eigenvalue weighted by atomic mass is 32.2. The number of rotatable bonds is 4. The fraction of sp³-hybridized carbons (Fsp3) is 0.0833. The number of nitrogens with zero attached hydrogens (tertiary/aromatic N) is 2. The lowest BCUT2D eigenvalue weighted by Gasteiger charge is -2.01. The smallest absolute Gasteiger partial charge is 0.176 e. The van der Waals surface area contributed by atoms with Crippen molar-refractivity contribution >= 4 is 17.5 Å². The third kappa shape index (κ3) is 3.10. The van der Waals surface area contributed by atoms with E-state index in [9.17, 15) is 9.18 Å². The molecule has 5 heteroatoms. The zero-order chi connectivity index (χ0) is 12.1. The van der Waals surface area contributed by atoms with Crippen molar-refractivity contribution in [1.82, 2.24) is 9.97 Å². The van der Waals surface area contributed by atoms with Gasteiger partial charge in [0.1, 0.15) is 12.1 Å². The van der Waals surface area contributed by atoms with Crippen molar-refractivity contribution in [3.05, 3.63) is 54.2 Å². The van der Waals surface area contributed by atoms with E-state index in [1.807, 2.05) is 0 Å². The number of hydrogen-bond donors (Lipinski definition) is 0. The van der Waals surface area contributed by atoms with Crippen LogP contribution >= 0.6 is 11.8 Å². The Morgan fingerprint density at radius 3 is 2.82 bits per heavy atom. The molecule has 1 aromatic carbocycles. The van der Waals surface area contributed by atoms with E-state index < -0.39 is 5.82 Å². The van der Waals surface area contributed by atoms with Gasteiger partial charge in [-0.05, 0) is 18.2 Å². The fourth-order valence-corrected chi connectivity index (χ4v) is 1.98. The Kier molecular flexibility index (Phi) is 3.82. The Balaban J connectivity index is 2.01. The number of carbonyl (C=O) groups is 1. The minimum absolute atomic E-state index is 0.119. The molecule has 0 radical (unpaired) electrons. The molecule has 1 aromatic heterocycles. The Hall–Kier alpha value is -1.75. The molecule has 0 aliphatic rings. The Morgan fingerprint density at radius 2 is 2.12 bits per heavy atom. The highest BCUT2D eigenvalue weighted by Crippen LogP contribution is 2.16. The summed E-state index contributed by atoms with van der Waals surface area (Å²) in [5.74, 6) is -0.565. The minimum Gasteiger partial charge on any atom is -0.293 e. The van der Waals surface area contributed by atoms with Crippen LogP contribution in [0.25, 0.3) is 0 Å². The van der Waals surface area contributed by atoms with Crippen molar-refractivity contribution < 1.29 is 9.18 Å². The van der Waals surface area contributed by atoms with Crippen LogP contribution in [-0.4, -0.2) is 21.5 Å². The fourth-order valence-electron chi connectivity index (χ4n) is 1.27. The standard InChI is InChI=1S/C12H9FN2OS/c13-10-4-2-1-3-9(10)11(16)7-17-12-5-6-14-8-15-12/h1-6,8H,7H2. The first kappa shape index (κ1) is 11.7. The number of benzene rings is 1. The molecule has 0 unspecified atom stereocenters. The lowest BCUT2D eigenvalue weighted by molar-refractivity contribution is 0.101. The van der Waals surface area contributed by atoms with E-state index in [-0.39, 0.29) is 17.1 Å². The van der Waals surface area contributed by atoms with Gasteiger partial charge in [-0.15, -0.1) is 0 Å². The van der Waals surface area contributed by atoms with E-state index in [1.54, 1.807) is 24.4 Å². The van der Waals surface area contributed by atoms with Crippen molar-refractivity contribution in [2.24, 2.45) is 0 Å². The maximum Gasteiger partial charge on any atom is 0.176 e. The van der Waals surface area contributed by atoms with Crippen LogP contribution in [0.15, 0.2) is 47.9 Å². The van der Waals surface area contributed by atoms with Crippen LogP contribution in [0.1, 0.15) is 10.4 Å². The summed E-state index contributed by atoms with van der Waals surface area (Å²) in [7, 11) is 0. The number of aromatic nitrogens is 2. The molecule has 0 amide bonds. The monoisotopic (exact) mass is 248 g/mol. The molecule has 0 atom stereocenters. The predicted molar refractivity (Wildman–Crippen MR) is 63.5 cm³/mol. The highest BCUT2D eigenvalue weighted by Gasteiger charge is 2.11. The molecule has 3 nitrogen and oxygen atoms in total. The summed E-state index contributed by atoms with van der Waals surface area (Å²) < 4.78 is 13.3. The number of Topliss-reactive ketones (excluding diaryl/α,β-unsaturated/α-hetero) is 1. The Bertz CT molecular complexity index is 519. The third-order valence-electron chi connectivity index (χ3n) is 2.08. The normalized spacial score (nSPS) is 10.2. The molecule has 2 aromatic rings. The molecule has 17 heavy (non-hydrogen) atoms. The van der Waals surface area contributed by atoms with Gasteiger partial charge in [0.15, 0.2) is 5.78 Å². The molecule has 1 heterocycles. The molecular weight excluding hydrogens is 239 g/mol. The summed E-state index contributed by atoms with van der Waals surface area (Å²) in [6.45, 7) is 0. The van der Waals surface area contributed by atoms with Gasteiger partial charge < -0.3 is 0 Å². The quantitative estimate of drug-likeness (QED) is 0.474. The second-order valence-corrected chi connectivity index (χ2v) is 4.23. The van der Waals surface area contributed by atoms with Gasteiger partial charge in [0.2, 0.25) is 0 Å². The van der Waals surface area contributed by atoms with E-state index in [1.165, 1.54) is 30.2 Å². The van der Waals surface area contributed by atoms with Gasteiger partial charge in [-0.2, -0.15) is 0 Å². The van der Waals surface area contributed by atoms with Crippen LogP contribution in [0.2, 0.25) is 0 Å². The summed E-state index contributed by atoms with van der Waals surface area (Å²) in [5.41, 5.74) is 0.119. The molecule has 2 rings (SSSR count). The van der Waals surface area contributed by atoms with Gasteiger partial charge in [-0.3, -0.25) is 4.79 Å². The van der Waals surface area contributed by atoms with Gasteiger partial charge in [0.25, 0.3) is 0 Å². The Labute approximate surface area is 102 Å². The summed E-state index contributed by atoms with van der Waals surface area (Å²) in [4.78, 5) is 19.5. The molecule has 0 bridgehead atoms. The molecule has 0 saturated carbocycles. The first-order valence-corrected chi connectivity index (χ1v) is 5.92. The van der Waals surface area contributed by atoms with E-state index in [0.29, 0.717) is 5.03 Å². The first-order chi connectivity index (χ1) is 8.27. The van der Waals surface area contributed by atoms with Crippen molar-refractivity contribution in [2.45, 2.75) is 5.03 Å². The molecule has 0 N–H and O–H groups in total. The third-order valence-corrected chi connectivity index (χ3v) is 3.02. The molecular formula is C12H9FN2OS. The maximum absolute atomic E-state index is 13.3. The highest BCUT2D eigenvalue weighted by molar-refractivity contribution is 7.99. The SMILES string of the molecule is O=C(CSc1ccncn1)c1ccccc1F. The van der Waals surface area contributed by atoms with Crippen molar-refractivity contribution in [3.63, 3.8) is 0 Å². The van der Waals surface area contributed by atoms with Crippen LogP contribution in [0.4, 0.5) is 4.39 Å². The lowest BCUT2D eigenvalue weighted by atomic mass is 10.1. The van der Waals surface area contributed by atoms with E-state index >= 15 is 0 Å². The van der Waals surface area contributed by atoms with Gasteiger partial charge in [-0.25, -0.2) is 14.4 Å². The van der Waals surface area contributed by atoms with Gasteiger partial charge >= 0.3 is 0 Å². The van der Waals surface area contributed by atoms with Crippen LogP contribution in [0.5, 0.6) is 0 Å². The maximum atomic E-state index is 13.3. The van der Waals surface area contributed by atoms with E-state index in [2.05, 4.69) is 9.97 Å². The predicted octanol–water partition coefficient (Wildman–Crippen LogP) is 2.59. The molecule has 0 aliphatic heterocycles. The van der Waals surface area contributed by atoms with Crippen molar-refractivity contribution in [2.75, 3.05) is 5.75 Å². The number of thioether (sulfide) groups is 1. The second kappa shape index (κ2) is 5.54. The van der Waals surface area contributed by atoms with Crippen molar-refractivity contribution in [3.8, 4) is 0 Å². The molecule has 0 fully saturated rings. The average Bonchev–Trinajstić information content (AvgIpc) is 2.38. The zero-order valence-corrected chi connectivity index (χ0v) is 9.65. The van der Waals surface area contributed by atoms with Crippen LogP contribution in [-0.2, 0) is 0 Å². The van der Waals surface area contributed by atoms with Crippen LogP contribution in [0, 0.1) is 5.82 Å². The minimum atomic E-state index is -0.485. The molecule has 0 saturated heterocycles. The van der Waals surface area contributed by atoms with Gasteiger partial charge in [0, 0.05) is 6.20 Å². The van der Waals surface area contributed by atoms with E-state index in [4.69, 9.17) is 0 Å². The summed E-state index contributed by atoms with van der Waals surface area (Å²) in [6, 6.07) is 7.68. The zero-order valence-electron chi connectivity index (χ0n) is 8.84. The molecule has 86 valence electrons. The van der Waals surface area contributed by atoms with Crippen molar-refractivity contribution in [1.29, 1.82) is 0 Å². The van der Waals surface area contributed by atoms with E-state index in [0.717, 1.165) is 0 Å². The molecule has 0 spiro atoms. The van der Waals surface area contributed by atoms with Crippen LogP contribution in [0.3, 0.4) is 0 Å². The second-order valence-electron chi connectivity index (χ2n) is 3.24. The van der Waals surface area contributed by atoms with Gasteiger partial charge in [0.05, 0.1) is 16.3 Å². The van der Waals surface area contributed by atoms with Gasteiger partial charge in [-0.1, -0.05) is 23.9 Å². The largest absolute Gasteiger partial charge is 0.293 e. The first-order valence-electron chi connectivity index (χ1n) is 4.94. The number of carbonyl (C=O) groups excluding carboxylic acids is 1.